The van der Waals surface area contributed by atoms with Crippen LogP contribution in [0.15, 0.2) is 18.3 Å². The normalized spacial score (nSPS) is 10.2. The number of carboxylic acid groups (broad SMARTS) is 1. The molecular formula is C11H12N6O3. The minimum atomic E-state index is -1.23. The van der Waals surface area contributed by atoms with Crippen molar-refractivity contribution in [2.45, 2.75) is 6.92 Å². The average Bonchev–Trinajstić information content (AvgIpc) is 2.81. The number of aromatic carboxylic acids is 1. The highest BCUT2D eigenvalue weighted by molar-refractivity contribution is 5.92. The van der Waals surface area contributed by atoms with Crippen LogP contribution in [0.3, 0.4) is 0 Å². The van der Waals surface area contributed by atoms with E-state index in [1.54, 1.807) is 6.92 Å². The van der Waals surface area contributed by atoms with Crippen LogP contribution in [0.1, 0.15) is 27.9 Å². The number of hydrogen-bond acceptors (Lipinski definition) is 6. The van der Waals surface area contributed by atoms with Gasteiger partial charge in [-0.3, -0.25) is 4.79 Å². The summed E-state index contributed by atoms with van der Waals surface area (Å²) in [6.45, 7) is 2.28. The molecule has 20 heavy (non-hydrogen) atoms. The van der Waals surface area contributed by atoms with E-state index >= 15 is 0 Å². The quantitative estimate of drug-likeness (QED) is 0.696. The molecule has 9 nitrogen and oxygen atoms in total. The lowest BCUT2D eigenvalue weighted by molar-refractivity contribution is 0.0691. The minimum Gasteiger partial charge on any atom is -0.476 e. The van der Waals surface area contributed by atoms with Crippen molar-refractivity contribution in [1.82, 2.24) is 25.3 Å². The lowest BCUT2D eigenvalue weighted by atomic mass is 10.3. The molecule has 0 aliphatic heterocycles. The molecule has 0 aliphatic rings. The molecule has 4 N–H and O–H groups in total. The summed E-state index contributed by atoms with van der Waals surface area (Å²) in [4.78, 5) is 22.3. The summed E-state index contributed by atoms with van der Waals surface area (Å²) in [7, 11) is 0. The summed E-state index contributed by atoms with van der Waals surface area (Å²) in [6.07, 6.45) is 1.32. The van der Waals surface area contributed by atoms with Gasteiger partial charge in [0.15, 0.2) is 17.2 Å². The Balaban J connectivity index is 2.28. The van der Waals surface area contributed by atoms with Gasteiger partial charge in [-0.25, -0.2) is 9.48 Å². The highest BCUT2D eigenvalue weighted by Gasteiger charge is 2.15. The maximum absolute atomic E-state index is 11.5. The van der Waals surface area contributed by atoms with Crippen LogP contribution in [0, 0.1) is 0 Å². The van der Waals surface area contributed by atoms with Crippen LogP contribution in [0.2, 0.25) is 0 Å². The van der Waals surface area contributed by atoms with E-state index in [0.717, 1.165) is 0 Å². The Bertz CT molecular complexity index is 649. The van der Waals surface area contributed by atoms with Crippen molar-refractivity contribution in [2.24, 2.45) is 0 Å². The van der Waals surface area contributed by atoms with E-state index < -0.39 is 5.97 Å². The molecule has 0 bridgehead atoms. The number of nitrogens with two attached hydrogens (primary N) is 1. The van der Waals surface area contributed by atoms with Gasteiger partial charge in [0.1, 0.15) is 0 Å². The van der Waals surface area contributed by atoms with Crippen molar-refractivity contribution in [3.63, 3.8) is 0 Å². The van der Waals surface area contributed by atoms with Gasteiger partial charge in [-0.15, -0.1) is 10.2 Å². The van der Waals surface area contributed by atoms with Crippen LogP contribution in [-0.2, 0) is 0 Å². The molecule has 104 valence electrons. The van der Waals surface area contributed by atoms with Crippen LogP contribution < -0.4 is 11.1 Å². The molecule has 1 amide bonds. The van der Waals surface area contributed by atoms with Crippen LogP contribution >= 0.6 is 0 Å². The molecule has 2 rings (SSSR count). The molecule has 0 unspecified atom stereocenters. The van der Waals surface area contributed by atoms with Gasteiger partial charge in [0.05, 0.1) is 11.9 Å². The average molecular weight is 276 g/mol. The first kappa shape index (κ1) is 13.5. The first-order chi connectivity index (χ1) is 9.52. The summed E-state index contributed by atoms with van der Waals surface area (Å²) in [5, 5.41) is 22.8. The number of carboxylic acids is 1. The SMILES string of the molecule is CCNC(=O)c1ccc(-n2cc(N)c(C(=O)O)n2)nn1. The fourth-order valence-electron chi connectivity index (χ4n) is 1.49. The second kappa shape index (κ2) is 5.34. The second-order valence-electron chi connectivity index (χ2n) is 3.82. The largest absolute Gasteiger partial charge is 0.476 e. The molecule has 0 aliphatic carbocycles. The fourth-order valence-corrected chi connectivity index (χ4v) is 1.49. The summed E-state index contributed by atoms with van der Waals surface area (Å²) < 4.78 is 1.19. The van der Waals surface area contributed by atoms with E-state index in [1.807, 2.05) is 0 Å². The van der Waals surface area contributed by atoms with Gasteiger partial charge >= 0.3 is 5.97 Å². The number of carbonyl (C=O) groups is 2. The fraction of sp³-hybridized carbons (Fsp3) is 0.182. The molecule has 0 fully saturated rings. The molecule has 2 aromatic rings. The summed E-state index contributed by atoms with van der Waals surface area (Å²) in [5.74, 6) is -1.30. The lowest BCUT2D eigenvalue weighted by Crippen LogP contribution is -2.24. The van der Waals surface area contributed by atoms with E-state index in [9.17, 15) is 9.59 Å². The first-order valence-corrected chi connectivity index (χ1v) is 5.73. The number of carbonyl (C=O) groups excluding carboxylic acids is 1. The highest BCUT2D eigenvalue weighted by atomic mass is 16.4. The lowest BCUT2D eigenvalue weighted by Gasteiger charge is -2.02. The first-order valence-electron chi connectivity index (χ1n) is 5.73. The van der Waals surface area contributed by atoms with Gasteiger partial charge in [0.25, 0.3) is 5.91 Å². The number of hydrogen-bond donors (Lipinski definition) is 3. The molecule has 0 saturated carbocycles. The predicted molar refractivity (Wildman–Crippen MR) is 68.5 cm³/mol. The molecule has 0 saturated heterocycles. The van der Waals surface area contributed by atoms with E-state index in [1.165, 1.54) is 23.0 Å². The monoisotopic (exact) mass is 276 g/mol. The Morgan fingerprint density at radius 3 is 2.65 bits per heavy atom. The van der Waals surface area contributed by atoms with Crippen molar-refractivity contribution in [1.29, 1.82) is 0 Å². The Labute approximate surface area is 113 Å². The Morgan fingerprint density at radius 1 is 1.40 bits per heavy atom. The second-order valence-corrected chi connectivity index (χ2v) is 3.82. The maximum Gasteiger partial charge on any atom is 0.358 e. The zero-order chi connectivity index (χ0) is 14.7. The molecule has 0 spiro atoms. The highest BCUT2D eigenvalue weighted by Crippen LogP contribution is 2.12. The van der Waals surface area contributed by atoms with Crippen LogP contribution in [0.5, 0.6) is 0 Å². The van der Waals surface area contributed by atoms with Gasteiger partial charge in [-0.2, -0.15) is 5.10 Å². The standard InChI is InChI=1S/C11H12N6O3/c1-2-13-10(18)7-3-4-8(15-14-7)17-5-6(12)9(16-17)11(19)20/h3-5H,2,12H2,1H3,(H,13,18)(H,19,20). The number of nitrogens with zero attached hydrogens (tertiary/aromatic N) is 4. The third-order valence-corrected chi connectivity index (χ3v) is 2.40. The number of aromatic nitrogens is 4. The molecule has 0 atom stereocenters. The van der Waals surface area contributed by atoms with Crippen molar-refractivity contribution < 1.29 is 14.7 Å². The van der Waals surface area contributed by atoms with Crippen molar-refractivity contribution in [3.8, 4) is 5.82 Å². The zero-order valence-corrected chi connectivity index (χ0v) is 10.6. The summed E-state index contributed by atoms with van der Waals surface area (Å²) in [6, 6.07) is 2.96. The molecule has 0 aromatic carbocycles. The Kier molecular flexibility index (Phi) is 3.60. The van der Waals surface area contributed by atoms with Crippen molar-refractivity contribution in [2.75, 3.05) is 12.3 Å². The molecule has 9 heteroatoms. The Morgan fingerprint density at radius 2 is 2.15 bits per heavy atom. The summed E-state index contributed by atoms with van der Waals surface area (Å²) >= 11 is 0. The van der Waals surface area contributed by atoms with Gasteiger partial charge in [-0.05, 0) is 19.1 Å². The van der Waals surface area contributed by atoms with Crippen LogP contribution in [0.4, 0.5) is 5.69 Å². The number of nitrogen functional groups attached to an aromatic ring is 1. The van der Waals surface area contributed by atoms with Gasteiger partial charge in [-0.1, -0.05) is 0 Å². The van der Waals surface area contributed by atoms with E-state index in [4.69, 9.17) is 10.8 Å². The third-order valence-electron chi connectivity index (χ3n) is 2.40. The molecular weight excluding hydrogens is 264 g/mol. The molecule has 0 radical (unpaired) electrons. The zero-order valence-electron chi connectivity index (χ0n) is 10.6. The van der Waals surface area contributed by atoms with Crippen LogP contribution in [-0.4, -0.2) is 43.5 Å². The number of amides is 1. The smallest absolute Gasteiger partial charge is 0.358 e. The van der Waals surface area contributed by atoms with Gasteiger partial charge in [0, 0.05) is 6.54 Å². The van der Waals surface area contributed by atoms with E-state index in [-0.39, 0.29) is 28.8 Å². The van der Waals surface area contributed by atoms with Gasteiger partial charge < -0.3 is 16.2 Å². The Hall–Kier alpha value is -2.97. The van der Waals surface area contributed by atoms with E-state index in [2.05, 4.69) is 20.6 Å². The van der Waals surface area contributed by atoms with Gasteiger partial charge in [0.2, 0.25) is 0 Å². The molecule has 2 heterocycles. The minimum absolute atomic E-state index is 0.0205. The molecule has 2 aromatic heterocycles. The van der Waals surface area contributed by atoms with Crippen molar-refractivity contribution >= 4 is 17.6 Å². The van der Waals surface area contributed by atoms with Crippen LogP contribution in [0.25, 0.3) is 5.82 Å². The van der Waals surface area contributed by atoms with Crippen molar-refractivity contribution in [3.05, 3.63) is 29.7 Å². The topological polar surface area (TPSA) is 136 Å². The number of nitrogens with one attached hydrogen (secondary N) is 1. The number of anilines is 1. The maximum atomic E-state index is 11.5. The number of rotatable bonds is 4. The predicted octanol–water partition coefficient (Wildman–Crippen LogP) is -0.308. The van der Waals surface area contributed by atoms with E-state index in [0.29, 0.717) is 6.54 Å². The summed E-state index contributed by atoms with van der Waals surface area (Å²) in [5.41, 5.74) is 5.44. The third kappa shape index (κ3) is 2.55.